The molecule has 0 aromatic carbocycles. The van der Waals surface area contributed by atoms with Gasteiger partial charge >= 0.3 is 0 Å². The maximum Gasteiger partial charge on any atom is 0.139 e. The molecule has 0 aromatic rings. The molecule has 0 amide bonds. The summed E-state index contributed by atoms with van der Waals surface area (Å²) in [6.07, 6.45) is 20.1. The first-order chi connectivity index (χ1) is 14.6. The van der Waals surface area contributed by atoms with Crippen LogP contribution in [0.5, 0.6) is 0 Å². The van der Waals surface area contributed by atoms with Crippen molar-refractivity contribution in [3.63, 3.8) is 0 Å². The van der Waals surface area contributed by atoms with E-state index in [2.05, 4.69) is 30.4 Å². The third-order valence-electron chi connectivity index (χ3n) is 9.42. The molecule has 0 heterocycles. The average molecular weight is 418 g/mol. The second-order valence-corrected chi connectivity index (χ2v) is 11.0. The van der Waals surface area contributed by atoms with Gasteiger partial charge in [0.1, 0.15) is 6.23 Å². The molecule has 30 heavy (non-hydrogen) atoms. The van der Waals surface area contributed by atoms with Gasteiger partial charge < -0.3 is 10.8 Å². The quantitative estimate of drug-likeness (QED) is 0.319. The predicted octanol–water partition coefficient (Wildman–Crippen LogP) is 5.12. The number of nitrogens with one attached hydrogen (secondary N) is 1. The van der Waals surface area contributed by atoms with Crippen LogP contribution in [0.2, 0.25) is 0 Å². The van der Waals surface area contributed by atoms with Gasteiger partial charge in [0, 0.05) is 18.6 Å². The van der Waals surface area contributed by atoms with E-state index in [4.69, 9.17) is 5.73 Å². The van der Waals surface area contributed by atoms with Crippen LogP contribution < -0.4 is 11.2 Å². The van der Waals surface area contributed by atoms with E-state index in [9.17, 15) is 5.11 Å². The Balaban J connectivity index is 1.54. The molecular weight excluding hydrogens is 370 g/mol. The summed E-state index contributed by atoms with van der Waals surface area (Å²) in [6, 6.07) is 0.656. The van der Waals surface area contributed by atoms with Crippen molar-refractivity contribution >= 4 is 0 Å². The fraction of sp³-hybridized carbons (Fsp3) is 0.923. The fourth-order valence-electron chi connectivity index (χ4n) is 8.00. The van der Waals surface area contributed by atoms with Crippen molar-refractivity contribution in [2.45, 2.75) is 122 Å². The van der Waals surface area contributed by atoms with Gasteiger partial charge in [-0.1, -0.05) is 51.5 Å². The van der Waals surface area contributed by atoms with E-state index in [-0.39, 0.29) is 0 Å². The highest BCUT2D eigenvalue weighted by molar-refractivity contribution is 5.10. The number of hydrogen-bond acceptors (Lipinski definition) is 4. The zero-order chi connectivity index (χ0) is 21.1. The van der Waals surface area contributed by atoms with Crippen LogP contribution >= 0.6 is 0 Å². The van der Waals surface area contributed by atoms with Gasteiger partial charge in [0.2, 0.25) is 0 Å². The lowest BCUT2D eigenvalue weighted by molar-refractivity contribution is -0.0945. The molecule has 4 heteroatoms. The average Bonchev–Trinajstić information content (AvgIpc) is 2.78. The van der Waals surface area contributed by atoms with E-state index >= 15 is 0 Å². The van der Waals surface area contributed by atoms with Gasteiger partial charge in [-0.25, -0.2) is 10.4 Å². The van der Waals surface area contributed by atoms with Gasteiger partial charge in [0.25, 0.3) is 0 Å². The van der Waals surface area contributed by atoms with Crippen LogP contribution in [0.15, 0.2) is 11.6 Å². The van der Waals surface area contributed by atoms with Crippen molar-refractivity contribution in [2.24, 2.45) is 28.9 Å². The maximum absolute atomic E-state index is 10.9. The summed E-state index contributed by atoms with van der Waals surface area (Å²) in [5.74, 6) is 2.09. The zero-order valence-corrected chi connectivity index (χ0v) is 19.6. The summed E-state index contributed by atoms with van der Waals surface area (Å²) in [4.78, 5) is 0. The number of hydrogen-bond donors (Lipinski definition) is 3. The number of allylic oxidation sites excluding steroid dienone is 1. The normalized spacial score (nSPS) is 36.2. The lowest BCUT2D eigenvalue weighted by Crippen LogP contribution is -2.64. The Morgan fingerprint density at radius 3 is 2.60 bits per heavy atom. The summed E-state index contributed by atoms with van der Waals surface area (Å²) in [5.41, 5.74) is 12.3. The first kappa shape index (κ1) is 22.8. The number of hydrazine groups is 1. The van der Waals surface area contributed by atoms with E-state index in [0.717, 1.165) is 25.3 Å². The molecule has 5 unspecified atom stereocenters. The van der Waals surface area contributed by atoms with Crippen LogP contribution in [0.1, 0.15) is 104 Å². The number of fused-ring (bicyclic) bond motifs is 1. The van der Waals surface area contributed by atoms with Crippen LogP contribution in [0.25, 0.3) is 0 Å². The van der Waals surface area contributed by atoms with Gasteiger partial charge in [-0.3, -0.25) is 0 Å². The van der Waals surface area contributed by atoms with Gasteiger partial charge in [0.05, 0.1) is 0 Å². The first-order valence-corrected chi connectivity index (χ1v) is 13.2. The number of nitrogens with zero attached hydrogens (tertiary/aromatic N) is 1. The summed E-state index contributed by atoms with van der Waals surface area (Å²) < 4.78 is 0. The largest absolute Gasteiger partial charge is 0.373 e. The molecular formula is C26H47N3O. The number of aliphatic hydroxyl groups is 1. The minimum Gasteiger partial charge on any atom is -0.373 e. The standard InChI is InChI=1S/C26H47N3O/c1-3-29(28-25(30)20-12-6-4-7-13-20)19(2)23-24(27)22-15-9-8-14-21(22)18-26(23)16-10-5-11-17-26/h12,19,21-25,28,30H,3-11,13-18,27H2,1-2H3/t19?,21?,22?,23?,24?,25-/m1/s1. The minimum atomic E-state index is -0.544. The minimum absolute atomic E-state index is 0.305. The predicted molar refractivity (Wildman–Crippen MR) is 125 cm³/mol. The van der Waals surface area contributed by atoms with Crippen molar-refractivity contribution in [3.8, 4) is 0 Å². The molecule has 0 saturated heterocycles. The highest BCUT2D eigenvalue weighted by atomic mass is 16.3. The van der Waals surface area contributed by atoms with E-state index < -0.39 is 6.23 Å². The molecule has 172 valence electrons. The Kier molecular flexibility index (Phi) is 7.60. The SMILES string of the molecule is CCN(N[C@H](O)C1=CCCCC1)C(C)C1C(N)C2CCCCC2CC12CCCCC2. The number of rotatable bonds is 6. The summed E-state index contributed by atoms with van der Waals surface area (Å²) in [5, 5.41) is 13.3. The Bertz CT molecular complexity index is 585. The lowest BCUT2D eigenvalue weighted by Gasteiger charge is -2.59. The molecule has 4 nitrogen and oxygen atoms in total. The van der Waals surface area contributed by atoms with Gasteiger partial charge in [-0.2, -0.15) is 0 Å². The van der Waals surface area contributed by atoms with E-state index in [1.165, 1.54) is 82.6 Å². The molecule has 3 fully saturated rings. The third kappa shape index (κ3) is 4.53. The second kappa shape index (κ2) is 10.0. The van der Waals surface area contributed by atoms with Crippen LogP contribution in [0.3, 0.4) is 0 Å². The summed E-state index contributed by atoms with van der Waals surface area (Å²) in [6.45, 7) is 5.51. The molecule has 4 N–H and O–H groups in total. The highest BCUT2D eigenvalue weighted by Gasteiger charge is 2.54. The Labute approximate surface area is 185 Å². The van der Waals surface area contributed by atoms with Crippen molar-refractivity contribution in [2.75, 3.05) is 6.54 Å². The van der Waals surface area contributed by atoms with Crippen LogP contribution in [-0.4, -0.2) is 35.0 Å². The van der Waals surface area contributed by atoms with Crippen LogP contribution in [0, 0.1) is 23.2 Å². The Morgan fingerprint density at radius 1 is 1.13 bits per heavy atom. The topological polar surface area (TPSA) is 61.5 Å². The Hall–Kier alpha value is -0.420. The first-order valence-electron chi connectivity index (χ1n) is 13.2. The van der Waals surface area contributed by atoms with E-state index in [1.54, 1.807) is 0 Å². The molecule has 1 spiro atoms. The van der Waals surface area contributed by atoms with Gasteiger partial charge in [-0.15, -0.1) is 0 Å². The monoisotopic (exact) mass is 417 g/mol. The molecule has 4 aliphatic rings. The van der Waals surface area contributed by atoms with Crippen LogP contribution in [0.4, 0.5) is 0 Å². The fourth-order valence-corrected chi connectivity index (χ4v) is 8.00. The lowest BCUT2D eigenvalue weighted by atomic mass is 9.49. The van der Waals surface area contributed by atoms with Crippen molar-refractivity contribution in [1.82, 2.24) is 10.4 Å². The van der Waals surface area contributed by atoms with E-state index in [1.807, 2.05) is 0 Å². The molecule has 4 aliphatic carbocycles. The van der Waals surface area contributed by atoms with Gasteiger partial charge in [0.15, 0.2) is 0 Å². The summed E-state index contributed by atoms with van der Waals surface area (Å²) >= 11 is 0. The zero-order valence-electron chi connectivity index (χ0n) is 19.6. The second-order valence-electron chi connectivity index (χ2n) is 11.0. The third-order valence-corrected chi connectivity index (χ3v) is 9.42. The molecule has 0 aliphatic heterocycles. The number of aliphatic hydroxyl groups excluding tert-OH is 1. The van der Waals surface area contributed by atoms with Crippen molar-refractivity contribution in [3.05, 3.63) is 11.6 Å². The molecule has 4 rings (SSSR count). The highest BCUT2D eigenvalue weighted by Crippen LogP contribution is 2.58. The number of nitrogens with two attached hydrogens (primary N) is 1. The van der Waals surface area contributed by atoms with Gasteiger partial charge in [-0.05, 0) is 87.0 Å². The molecule has 0 bridgehead atoms. The smallest absolute Gasteiger partial charge is 0.139 e. The van der Waals surface area contributed by atoms with Crippen molar-refractivity contribution in [1.29, 1.82) is 0 Å². The molecule has 6 atom stereocenters. The maximum atomic E-state index is 10.9. The molecule has 0 radical (unpaired) electrons. The molecule has 3 saturated carbocycles. The van der Waals surface area contributed by atoms with E-state index in [0.29, 0.717) is 29.3 Å². The molecule has 0 aromatic heterocycles. The summed E-state index contributed by atoms with van der Waals surface area (Å²) in [7, 11) is 0. The Morgan fingerprint density at radius 2 is 1.90 bits per heavy atom. The van der Waals surface area contributed by atoms with Crippen LogP contribution in [-0.2, 0) is 0 Å². The van der Waals surface area contributed by atoms with Crippen molar-refractivity contribution < 1.29 is 5.11 Å².